The number of nitrogens with zero attached hydrogens (tertiary/aromatic N) is 2. The van der Waals surface area contributed by atoms with E-state index in [1.54, 1.807) is 6.07 Å². The van der Waals surface area contributed by atoms with E-state index in [0.717, 1.165) is 25.3 Å². The van der Waals surface area contributed by atoms with Crippen molar-refractivity contribution in [3.8, 4) is 0 Å². The molecule has 0 saturated carbocycles. The Hall–Kier alpha value is -1.16. The standard InChI is InChI=1S/C11H16FN3/c1-13-10-3-2-6-15(8-10)11-5-4-9(12)7-14-11/h4-5,7,10,13H,2-3,6,8H2,1H3. The number of nitrogens with one attached hydrogen (secondary N) is 1. The molecule has 15 heavy (non-hydrogen) atoms. The molecule has 1 saturated heterocycles. The summed E-state index contributed by atoms with van der Waals surface area (Å²) in [4.78, 5) is 6.29. The Kier molecular flexibility index (Phi) is 3.16. The maximum absolute atomic E-state index is 12.7. The maximum Gasteiger partial charge on any atom is 0.141 e. The molecule has 1 atom stereocenters. The first-order valence-corrected chi connectivity index (χ1v) is 5.33. The first kappa shape index (κ1) is 10.4. The third kappa shape index (κ3) is 2.45. The lowest BCUT2D eigenvalue weighted by atomic mass is 10.1. The molecular formula is C11H16FN3. The molecule has 1 unspecified atom stereocenters. The topological polar surface area (TPSA) is 28.2 Å². The summed E-state index contributed by atoms with van der Waals surface area (Å²) in [6.07, 6.45) is 3.64. The molecule has 0 bridgehead atoms. The molecule has 1 aliphatic heterocycles. The lowest BCUT2D eigenvalue weighted by molar-refractivity contribution is 0.447. The van der Waals surface area contributed by atoms with Crippen molar-refractivity contribution in [1.29, 1.82) is 0 Å². The predicted octanol–water partition coefficient (Wildman–Crippen LogP) is 1.41. The van der Waals surface area contributed by atoms with Gasteiger partial charge in [-0.3, -0.25) is 0 Å². The molecular weight excluding hydrogens is 193 g/mol. The average molecular weight is 209 g/mol. The van der Waals surface area contributed by atoms with Crippen molar-refractivity contribution in [3.63, 3.8) is 0 Å². The summed E-state index contributed by atoms with van der Waals surface area (Å²) in [7, 11) is 1.98. The average Bonchev–Trinajstić information content (AvgIpc) is 2.30. The fraction of sp³-hybridized carbons (Fsp3) is 0.545. The summed E-state index contributed by atoms with van der Waals surface area (Å²) >= 11 is 0. The number of piperidine rings is 1. The highest BCUT2D eigenvalue weighted by Crippen LogP contribution is 2.17. The van der Waals surface area contributed by atoms with E-state index in [9.17, 15) is 4.39 Å². The fourth-order valence-corrected chi connectivity index (χ4v) is 1.98. The number of likely N-dealkylation sites (N-methyl/N-ethyl adjacent to an activating group) is 1. The molecule has 4 heteroatoms. The molecule has 2 rings (SSSR count). The number of halogens is 1. The normalized spacial score (nSPS) is 21.7. The van der Waals surface area contributed by atoms with Gasteiger partial charge in [-0.1, -0.05) is 0 Å². The molecule has 1 aromatic rings. The first-order chi connectivity index (χ1) is 7.29. The lowest BCUT2D eigenvalue weighted by Gasteiger charge is -2.33. The molecule has 3 nitrogen and oxygen atoms in total. The SMILES string of the molecule is CNC1CCCN(c2ccc(F)cn2)C1. The molecule has 0 amide bonds. The van der Waals surface area contributed by atoms with Crippen LogP contribution < -0.4 is 10.2 Å². The van der Waals surface area contributed by atoms with Gasteiger partial charge >= 0.3 is 0 Å². The molecule has 0 radical (unpaired) electrons. The minimum atomic E-state index is -0.277. The van der Waals surface area contributed by atoms with Crippen LogP contribution in [0.5, 0.6) is 0 Å². The molecule has 0 spiro atoms. The van der Waals surface area contributed by atoms with Crippen molar-refractivity contribution < 1.29 is 4.39 Å². The van der Waals surface area contributed by atoms with Crippen LogP contribution in [0.2, 0.25) is 0 Å². The second-order valence-electron chi connectivity index (χ2n) is 3.91. The van der Waals surface area contributed by atoms with Crippen LogP contribution >= 0.6 is 0 Å². The van der Waals surface area contributed by atoms with Gasteiger partial charge in [-0.15, -0.1) is 0 Å². The zero-order valence-corrected chi connectivity index (χ0v) is 8.91. The van der Waals surface area contributed by atoms with E-state index in [-0.39, 0.29) is 5.82 Å². The molecule has 2 heterocycles. The van der Waals surface area contributed by atoms with Gasteiger partial charge in [0, 0.05) is 19.1 Å². The Morgan fingerprint density at radius 3 is 3.07 bits per heavy atom. The Balaban J connectivity index is 2.06. The highest BCUT2D eigenvalue weighted by Gasteiger charge is 2.19. The van der Waals surface area contributed by atoms with Gasteiger partial charge < -0.3 is 10.2 Å². The summed E-state index contributed by atoms with van der Waals surface area (Å²) in [5.41, 5.74) is 0. The van der Waals surface area contributed by atoms with Gasteiger partial charge in [0.1, 0.15) is 11.6 Å². The molecule has 1 aromatic heterocycles. The number of anilines is 1. The highest BCUT2D eigenvalue weighted by atomic mass is 19.1. The minimum absolute atomic E-state index is 0.277. The van der Waals surface area contributed by atoms with Crippen molar-refractivity contribution in [3.05, 3.63) is 24.1 Å². The van der Waals surface area contributed by atoms with E-state index in [1.165, 1.54) is 18.7 Å². The number of pyridine rings is 1. The zero-order chi connectivity index (χ0) is 10.7. The van der Waals surface area contributed by atoms with Crippen molar-refractivity contribution in [1.82, 2.24) is 10.3 Å². The van der Waals surface area contributed by atoms with Crippen LogP contribution in [0.3, 0.4) is 0 Å². The number of hydrogen-bond donors (Lipinski definition) is 1. The van der Waals surface area contributed by atoms with E-state index in [4.69, 9.17) is 0 Å². The summed E-state index contributed by atoms with van der Waals surface area (Å²) in [5.74, 6) is 0.595. The van der Waals surface area contributed by atoms with Crippen molar-refractivity contribution in [2.75, 3.05) is 25.0 Å². The summed E-state index contributed by atoms with van der Waals surface area (Å²) in [6.45, 7) is 1.96. The van der Waals surface area contributed by atoms with Crippen LogP contribution in [0.4, 0.5) is 10.2 Å². The second kappa shape index (κ2) is 4.57. The van der Waals surface area contributed by atoms with Crippen molar-refractivity contribution in [2.45, 2.75) is 18.9 Å². The molecule has 1 fully saturated rings. The third-order valence-electron chi connectivity index (χ3n) is 2.87. The minimum Gasteiger partial charge on any atom is -0.355 e. The third-order valence-corrected chi connectivity index (χ3v) is 2.87. The lowest BCUT2D eigenvalue weighted by Crippen LogP contribution is -2.44. The molecule has 1 aliphatic rings. The smallest absolute Gasteiger partial charge is 0.141 e. The first-order valence-electron chi connectivity index (χ1n) is 5.33. The van der Waals surface area contributed by atoms with E-state index in [2.05, 4.69) is 15.2 Å². The maximum atomic E-state index is 12.7. The molecule has 1 N–H and O–H groups in total. The monoisotopic (exact) mass is 209 g/mol. The van der Waals surface area contributed by atoms with Gasteiger partial charge in [-0.25, -0.2) is 9.37 Å². The van der Waals surface area contributed by atoms with Gasteiger partial charge in [-0.05, 0) is 32.0 Å². The quantitative estimate of drug-likeness (QED) is 0.798. The van der Waals surface area contributed by atoms with Crippen LogP contribution in [0, 0.1) is 5.82 Å². The van der Waals surface area contributed by atoms with Gasteiger partial charge in [0.2, 0.25) is 0 Å². The van der Waals surface area contributed by atoms with E-state index >= 15 is 0 Å². The molecule has 0 aliphatic carbocycles. The number of aromatic nitrogens is 1. The summed E-state index contributed by atoms with van der Waals surface area (Å²) < 4.78 is 12.7. The van der Waals surface area contributed by atoms with Crippen LogP contribution in [-0.2, 0) is 0 Å². The van der Waals surface area contributed by atoms with Crippen LogP contribution in [0.15, 0.2) is 18.3 Å². The van der Waals surface area contributed by atoms with Gasteiger partial charge in [0.25, 0.3) is 0 Å². The molecule has 0 aromatic carbocycles. The summed E-state index contributed by atoms with van der Waals surface area (Å²) in [5, 5.41) is 3.27. The van der Waals surface area contributed by atoms with Crippen LogP contribution in [0.1, 0.15) is 12.8 Å². The number of hydrogen-bond acceptors (Lipinski definition) is 3. The van der Waals surface area contributed by atoms with Gasteiger partial charge in [-0.2, -0.15) is 0 Å². The van der Waals surface area contributed by atoms with E-state index < -0.39 is 0 Å². The van der Waals surface area contributed by atoms with E-state index in [1.807, 2.05) is 7.05 Å². The second-order valence-corrected chi connectivity index (χ2v) is 3.91. The van der Waals surface area contributed by atoms with Crippen LogP contribution in [-0.4, -0.2) is 31.2 Å². The number of rotatable bonds is 2. The Labute approximate surface area is 89.3 Å². The summed E-state index contributed by atoms with van der Waals surface area (Å²) in [6, 6.07) is 3.73. The fourth-order valence-electron chi connectivity index (χ4n) is 1.98. The van der Waals surface area contributed by atoms with Crippen LogP contribution in [0.25, 0.3) is 0 Å². The van der Waals surface area contributed by atoms with Gasteiger partial charge in [0.15, 0.2) is 0 Å². The Morgan fingerprint density at radius 2 is 2.40 bits per heavy atom. The van der Waals surface area contributed by atoms with Crippen molar-refractivity contribution >= 4 is 5.82 Å². The highest BCUT2D eigenvalue weighted by molar-refractivity contribution is 5.38. The largest absolute Gasteiger partial charge is 0.355 e. The van der Waals surface area contributed by atoms with Crippen molar-refractivity contribution in [2.24, 2.45) is 0 Å². The zero-order valence-electron chi connectivity index (χ0n) is 8.91. The Morgan fingerprint density at radius 1 is 1.53 bits per heavy atom. The molecule has 82 valence electrons. The van der Waals surface area contributed by atoms with E-state index in [0.29, 0.717) is 6.04 Å². The Bertz CT molecular complexity index is 312. The predicted molar refractivity (Wildman–Crippen MR) is 58.5 cm³/mol. The van der Waals surface area contributed by atoms with Gasteiger partial charge in [0.05, 0.1) is 6.20 Å².